The standard InChI is InChI=1S/C14H10F3NO2/c15-14(16,17)20-12-8-10(6-7-11(12)13(18)19)9-4-2-1-3-5-9/h1-8H,(H2,18,19). The Labute approximate surface area is 112 Å². The molecule has 2 N–H and O–H groups in total. The van der Waals surface area contributed by atoms with Gasteiger partial charge in [0.05, 0.1) is 5.56 Å². The van der Waals surface area contributed by atoms with Crippen molar-refractivity contribution in [2.75, 3.05) is 0 Å². The zero-order valence-corrected chi connectivity index (χ0v) is 10.1. The topological polar surface area (TPSA) is 52.3 Å². The Kier molecular flexibility index (Phi) is 3.65. The fraction of sp³-hybridized carbons (Fsp3) is 0.0714. The quantitative estimate of drug-likeness (QED) is 0.938. The number of rotatable bonds is 3. The lowest BCUT2D eigenvalue weighted by Crippen LogP contribution is -2.21. The third kappa shape index (κ3) is 3.28. The Morgan fingerprint density at radius 1 is 1.00 bits per heavy atom. The van der Waals surface area contributed by atoms with Crippen LogP contribution in [0.25, 0.3) is 11.1 Å². The van der Waals surface area contributed by atoms with Gasteiger partial charge in [0.15, 0.2) is 0 Å². The highest BCUT2D eigenvalue weighted by atomic mass is 19.4. The predicted octanol–water partition coefficient (Wildman–Crippen LogP) is 3.35. The van der Waals surface area contributed by atoms with Crippen LogP contribution >= 0.6 is 0 Å². The van der Waals surface area contributed by atoms with Crippen LogP contribution < -0.4 is 10.5 Å². The minimum absolute atomic E-state index is 0.318. The first-order chi connectivity index (χ1) is 9.37. The van der Waals surface area contributed by atoms with E-state index in [-0.39, 0.29) is 5.56 Å². The summed E-state index contributed by atoms with van der Waals surface area (Å²) in [6, 6.07) is 12.6. The summed E-state index contributed by atoms with van der Waals surface area (Å²) in [7, 11) is 0. The first-order valence-corrected chi connectivity index (χ1v) is 5.62. The molecule has 0 spiro atoms. The van der Waals surface area contributed by atoms with E-state index in [1.165, 1.54) is 12.1 Å². The van der Waals surface area contributed by atoms with Gasteiger partial charge in [0.1, 0.15) is 5.75 Å². The molecule has 0 saturated carbocycles. The van der Waals surface area contributed by atoms with E-state index >= 15 is 0 Å². The monoisotopic (exact) mass is 281 g/mol. The number of alkyl halides is 3. The molecule has 2 aromatic carbocycles. The Hall–Kier alpha value is -2.50. The number of hydrogen-bond donors (Lipinski definition) is 1. The molecule has 0 aliphatic rings. The first kappa shape index (κ1) is 13.9. The number of ether oxygens (including phenoxy) is 1. The average molecular weight is 281 g/mol. The van der Waals surface area contributed by atoms with Gasteiger partial charge in [-0.1, -0.05) is 36.4 Å². The molecule has 20 heavy (non-hydrogen) atoms. The normalized spacial score (nSPS) is 11.2. The molecule has 3 nitrogen and oxygen atoms in total. The molecule has 0 bridgehead atoms. The van der Waals surface area contributed by atoms with E-state index in [0.29, 0.717) is 11.1 Å². The number of benzene rings is 2. The molecule has 1 amide bonds. The van der Waals surface area contributed by atoms with Crippen LogP contribution in [0.1, 0.15) is 10.4 Å². The van der Waals surface area contributed by atoms with E-state index in [4.69, 9.17) is 5.73 Å². The number of amides is 1. The lowest BCUT2D eigenvalue weighted by atomic mass is 10.0. The number of hydrogen-bond acceptors (Lipinski definition) is 2. The van der Waals surface area contributed by atoms with Crippen LogP contribution in [-0.2, 0) is 0 Å². The summed E-state index contributed by atoms with van der Waals surface area (Å²) in [6.07, 6.45) is -4.89. The summed E-state index contributed by atoms with van der Waals surface area (Å²) in [4.78, 5) is 11.1. The summed E-state index contributed by atoms with van der Waals surface area (Å²) < 4.78 is 40.9. The van der Waals surface area contributed by atoms with Gasteiger partial charge in [0.25, 0.3) is 5.91 Å². The summed E-state index contributed by atoms with van der Waals surface area (Å²) in [5.41, 5.74) is 5.92. The second-order valence-corrected chi connectivity index (χ2v) is 3.99. The van der Waals surface area contributed by atoms with E-state index < -0.39 is 18.0 Å². The number of carbonyl (C=O) groups is 1. The van der Waals surface area contributed by atoms with Gasteiger partial charge in [-0.25, -0.2) is 0 Å². The molecule has 2 aromatic rings. The average Bonchev–Trinajstić information content (AvgIpc) is 2.37. The summed E-state index contributed by atoms with van der Waals surface area (Å²) in [5.74, 6) is -1.59. The fourth-order valence-electron chi connectivity index (χ4n) is 1.75. The molecule has 0 unspecified atom stereocenters. The molecule has 0 radical (unpaired) electrons. The van der Waals surface area contributed by atoms with E-state index in [0.717, 1.165) is 6.07 Å². The lowest BCUT2D eigenvalue weighted by Gasteiger charge is -2.13. The highest BCUT2D eigenvalue weighted by molar-refractivity contribution is 5.96. The number of carbonyl (C=O) groups excluding carboxylic acids is 1. The van der Waals surface area contributed by atoms with Crippen molar-refractivity contribution < 1.29 is 22.7 Å². The minimum atomic E-state index is -4.89. The zero-order valence-electron chi connectivity index (χ0n) is 10.1. The van der Waals surface area contributed by atoms with Gasteiger partial charge in [-0.05, 0) is 23.3 Å². The number of nitrogens with two attached hydrogens (primary N) is 1. The highest BCUT2D eigenvalue weighted by Gasteiger charge is 2.32. The van der Waals surface area contributed by atoms with Gasteiger partial charge in [-0.3, -0.25) is 4.79 Å². The van der Waals surface area contributed by atoms with Crippen LogP contribution in [0.4, 0.5) is 13.2 Å². The van der Waals surface area contributed by atoms with Gasteiger partial charge in [0.2, 0.25) is 0 Å². The molecule has 0 aromatic heterocycles. The third-order valence-corrected chi connectivity index (χ3v) is 2.58. The van der Waals surface area contributed by atoms with E-state index in [1.54, 1.807) is 30.3 Å². The third-order valence-electron chi connectivity index (χ3n) is 2.58. The van der Waals surface area contributed by atoms with Gasteiger partial charge in [-0.2, -0.15) is 0 Å². The molecule has 2 rings (SSSR count). The SMILES string of the molecule is NC(=O)c1ccc(-c2ccccc2)cc1OC(F)(F)F. The van der Waals surface area contributed by atoms with Gasteiger partial charge < -0.3 is 10.5 Å². The van der Waals surface area contributed by atoms with Crippen molar-refractivity contribution in [3.8, 4) is 16.9 Å². The molecular weight excluding hydrogens is 271 g/mol. The Morgan fingerprint density at radius 3 is 2.20 bits per heavy atom. The highest BCUT2D eigenvalue weighted by Crippen LogP contribution is 2.31. The summed E-state index contributed by atoms with van der Waals surface area (Å²) in [6.45, 7) is 0. The Bertz CT molecular complexity index is 624. The van der Waals surface area contributed by atoms with Crippen LogP contribution in [-0.4, -0.2) is 12.3 Å². The molecule has 0 fully saturated rings. The maximum atomic E-state index is 12.3. The Balaban J connectivity index is 2.48. The van der Waals surface area contributed by atoms with Crippen LogP contribution in [0.2, 0.25) is 0 Å². The molecule has 0 aliphatic carbocycles. The van der Waals surface area contributed by atoms with Crippen LogP contribution in [0.15, 0.2) is 48.5 Å². The predicted molar refractivity (Wildman–Crippen MR) is 67.1 cm³/mol. The van der Waals surface area contributed by atoms with Crippen molar-refractivity contribution in [2.24, 2.45) is 5.73 Å². The van der Waals surface area contributed by atoms with Gasteiger partial charge in [-0.15, -0.1) is 13.2 Å². The fourth-order valence-corrected chi connectivity index (χ4v) is 1.75. The molecule has 0 heterocycles. The maximum Gasteiger partial charge on any atom is 0.573 e. The smallest absolute Gasteiger partial charge is 0.405 e. The lowest BCUT2D eigenvalue weighted by molar-refractivity contribution is -0.274. The molecule has 104 valence electrons. The van der Waals surface area contributed by atoms with Crippen molar-refractivity contribution in [1.29, 1.82) is 0 Å². The van der Waals surface area contributed by atoms with Crippen LogP contribution in [0, 0.1) is 0 Å². The van der Waals surface area contributed by atoms with Crippen LogP contribution in [0.5, 0.6) is 5.75 Å². The second kappa shape index (κ2) is 5.24. The summed E-state index contributed by atoms with van der Waals surface area (Å²) in [5, 5.41) is 0. The maximum absolute atomic E-state index is 12.3. The van der Waals surface area contributed by atoms with Crippen LogP contribution in [0.3, 0.4) is 0 Å². The molecule has 6 heteroatoms. The Morgan fingerprint density at radius 2 is 1.65 bits per heavy atom. The number of primary amides is 1. The molecular formula is C14H10F3NO2. The molecule has 0 saturated heterocycles. The first-order valence-electron chi connectivity index (χ1n) is 5.62. The van der Waals surface area contributed by atoms with Crippen molar-refractivity contribution in [3.05, 3.63) is 54.1 Å². The number of halogens is 3. The largest absolute Gasteiger partial charge is 0.573 e. The minimum Gasteiger partial charge on any atom is -0.405 e. The van der Waals surface area contributed by atoms with Gasteiger partial charge in [0, 0.05) is 0 Å². The van der Waals surface area contributed by atoms with Crippen molar-refractivity contribution in [3.63, 3.8) is 0 Å². The summed E-state index contributed by atoms with van der Waals surface area (Å²) >= 11 is 0. The zero-order chi connectivity index (χ0) is 14.8. The van der Waals surface area contributed by atoms with Gasteiger partial charge >= 0.3 is 6.36 Å². The van der Waals surface area contributed by atoms with Crippen molar-refractivity contribution in [2.45, 2.75) is 6.36 Å². The molecule has 0 atom stereocenters. The van der Waals surface area contributed by atoms with E-state index in [2.05, 4.69) is 4.74 Å². The molecule has 0 aliphatic heterocycles. The second-order valence-electron chi connectivity index (χ2n) is 3.99. The van der Waals surface area contributed by atoms with Crippen molar-refractivity contribution in [1.82, 2.24) is 0 Å². The van der Waals surface area contributed by atoms with E-state index in [9.17, 15) is 18.0 Å². The van der Waals surface area contributed by atoms with E-state index in [1.807, 2.05) is 0 Å². The van der Waals surface area contributed by atoms with Crippen molar-refractivity contribution >= 4 is 5.91 Å².